The summed E-state index contributed by atoms with van der Waals surface area (Å²) < 4.78 is 3.89. The fraction of sp³-hybridized carbons (Fsp3) is 0. The molecule has 0 fully saturated rings. The highest BCUT2D eigenvalue weighted by Crippen LogP contribution is 2.23. The van der Waals surface area contributed by atoms with Crippen molar-refractivity contribution in [2.75, 3.05) is 0 Å². The Kier molecular flexibility index (Phi) is 5.39. The zero-order valence-corrected chi connectivity index (χ0v) is 19.4. The summed E-state index contributed by atoms with van der Waals surface area (Å²) in [5.74, 6) is 0. The Morgan fingerprint density at radius 2 is 0.778 bits per heavy atom. The molecular formula is C32H22N2O2. The lowest BCUT2D eigenvalue weighted by atomic mass is 10.0. The van der Waals surface area contributed by atoms with Crippen molar-refractivity contribution in [1.29, 1.82) is 0 Å². The molecule has 0 saturated heterocycles. The molecule has 0 aliphatic carbocycles. The minimum absolute atomic E-state index is 0.00525. The van der Waals surface area contributed by atoms with Gasteiger partial charge in [0.2, 0.25) is 0 Å². The second kappa shape index (κ2) is 9.01. The Bertz CT molecular complexity index is 1710. The van der Waals surface area contributed by atoms with Gasteiger partial charge in [0.1, 0.15) is 0 Å². The van der Waals surface area contributed by atoms with Crippen molar-refractivity contribution in [3.05, 3.63) is 153 Å². The third-order valence-electron chi connectivity index (χ3n) is 6.36. The van der Waals surface area contributed by atoms with E-state index in [1.54, 1.807) is 49.1 Å². The zero-order chi connectivity index (χ0) is 24.5. The summed E-state index contributed by atoms with van der Waals surface area (Å²) in [4.78, 5) is 22.8. The summed E-state index contributed by atoms with van der Waals surface area (Å²) in [7, 11) is 0. The topological polar surface area (TPSA) is 44.0 Å². The lowest BCUT2D eigenvalue weighted by Crippen LogP contribution is -2.01. The van der Waals surface area contributed by atoms with Gasteiger partial charge in [0.25, 0.3) is 0 Å². The second-order valence-electron chi connectivity index (χ2n) is 8.80. The average Bonchev–Trinajstić information content (AvgIpc) is 2.92. The number of aromatic nitrogens is 2. The highest BCUT2D eigenvalue weighted by Gasteiger charge is 2.01. The number of nitrogens with zero attached hydrogens (tertiary/aromatic N) is 2. The van der Waals surface area contributed by atoms with E-state index >= 15 is 0 Å². The Morgan fingerprint density at radius 3 is 1.19 bits per heavy atom. The van der Waals surface area contributed by atoms with Gasteiger partial charge in [-0.25, -0.2) is 0 Å². The Labute approximate surface area is 207 Å². The van der Waals surface area contributed by atoms with Gasteiger partial charge in [-0.05, 0) is 69.1 Å². The number of fused-ring (bicyclic) bond motifs is 2. The Balaban J connectivity index is 1.24. The van der Waals surface area contributed by atoms with Gasteiger partial charge in [0, 0.05) is 60.4 Å². The maximum Gasteiger partial charge on any atom is 0.181 e. The molecule has 2 heterocycles. The molecule has 4 heteroatoms. The third-order valence-corrected chi connectivity index (χ3v) is 6.36. The maximum absolute atomic E-state index is 11.4. The molecule has 0 unspecified atom stereocenters. The molecule has 0 aliphatic heterocycles. The van der Waals surface area contributed by atoms with Gasteiger partial charge in [-0.15, -0.1) is 0 Å². The smallest absolute Gasteiger partial charge is 0.181 e. The minimum atomic E-state index is 0.00525. The summed E-state index contributed by atoms with van der Waals surface area (Å²) >= 11 is 0. The van der Waals surface area contributed by atoms with Gasteiger partial charge < -0.3 is 9.13 Å². The number of hydrogen-bond donors (Lipinski definition) is 0. The number of hydrogen-bond acceptors (Lipinski definition) is 2. The van der Waals surface area contributed by atoms with Crippen molar-refractivity contribution in [1.82, 2.24) is 9.13 Å². The molecule has 172 valence electrons. The molecular weight excluding hydrogens is 444 g/mol. The molecule has 0 N–H and O–H groups in total. The van der Waals surface area contributed by atoms with Crippen LogP contribution in [0.2, 0.25) is 0 Å². The predicted molar refractivity (Wildman–Crippen MR) is 148 cm³/mol. The van der Waals surface area contributed by atoms with E-state index < -0.39 is 0 Å². The van der Waals surface area contributed by atoms with E-state index in [0.717, 1.165) is 44.0 Å². The lowest BCUT2D eigenvalue weighted by molar-refractivity contribution is 1.04. The normalized spacial score (nSPS) is 11.4. The van der Waals surface area contributed by atoms with Crippen molar-refractivity contribution in [2.45, 2.75) is 0 Å². The summed E-state index contributed by atoms with van der Waals surface area (Å²) in [6, 6.07) is 31.7. The summed E-state index contributed by atoms with van der Waals surface area (Å²) in [5.41, 5.74) is 4.31. The van der Waals surface area contributed by atoms with E-state index in [4.69, 9.17) is 0 Å². The molecule has 0 aliphatic rings. The monoisotopic (exact) mass is 466 g/mol. The highest BCUT2D eigenvalue weighted by molar-refractivity contribution is 5.89. The van der Waals surface area contributed by atoms with E-state index in [0.29, 0.717) is 0 Å². The van der Waals surface area contributed by atoms with Crippen LogP contribution >= 0.6 is 0 Å². The van der Waals surface area contributed by atoms with E-state index in [9.17, 15) is 9.59 Å². The molecule has 0 amide bonds. The summed E-state index contributed by atoms with van der Waals surface area (Å²) in [5, 5.41) is 4.62. The Morgan fingerprint density at radius 1 is 0.417 bits per heavy atom. The van der Waals surface area contributed by atoms with E-state index in [2.05, 4.69) is 84.9 Å². The lowest BCUT2D eigenvalue weighted by Gasteiger charge is -2.08. The van der Waals surface area contributed by atoms with Crippen LogP contribution in [0.25, 0.3) is 45.1 Å². The first-order valence-corrected chi connectivity index (χ1v) is 11.7. The molecule has 0 saturated carbocycles. The van der Waals surface area contributed by atoms with Crippen LogP contribution in [-0.2, 0) is 0 Å². The SMILES string of the molecule is O=c1ccn(-c2ccc3cc(/C=C/c4ccc5cc(-n6ccc(=O)cc6)ccc5c4)ccc3c2)cc1. The first-order valence-electron chi connectivity index (χ1n) is 11.7. The summed E-state index contributed by atoms with van der Waals surface area (Å²) in [6.45, 7) is 0. The first kappa shape index (κ1) is 21.6. The molecule has 0 spiro atoms. The van der Waals surface area contributed by atoms with E-state index in [-0.39, 0.29) is 10.9 Å². The van der Waals surface area contributed by atoms with Gasteiger partial charge in [0.15, 0.2) is 10.9 Å². The molecule has 2 aromatic heterocycles. The number of pyridine rings is 2. The predicted octanol–water partition coefficient (Wildman–Crippen LogP) is 6.47. The van der Waals surface area contributed by atoms with Crippen molar-refractivity contribution < 1.29 is 0 Å². The van der Waals surface area contributed by atoms with Gasteiger partial charge in [-0.3, -0.25) is 9.59 Å². The van der Waals surface area contributed by atoms with Crippen molar-refractivity contribution in [3.8, 4) is 11.4 Å². The quantitative estimate of drug-likeness (QED) is 0.280. The largest absolute Gasteiger partial charge is 0.324 e. The molecule has 4 aromatic carbocycles. The molecule has 36 heavy (non-hydrogen) atoms. The van der Waals surface area contributed by atoms with Crippen molar-refractivity contribution in [3.63, 3.8) is 0 Å². The zero-order valence-electron chi connectivity index (χ0n) is 19.4. The summed E-state index contributed by atoms with van der Waals surface area (Å²) in [6.07, 6.45) is 11.4. The standard InChI is InChI=1S/C32H22N2O2/c35-31-11-15-33(16-12-31)29-9-7-25-19-23(3-5-27(25)21-29)1-2-24-4-6-28-22-30(10-8-26(28)20-24)34-17-13-32(36)14-18-34/h1-22H/b2-1+. The molecule has 6 rings (SSSR count). The Hall–Kier alpha value is -4.96. The van der Waals surface area contributed by atoms with Crippen LogP contribution in [-0.4, -0.2) is 9.13 Å². The van der Waals surface area contributed by atoms with E-state index in [1.165, 1.54) is 0 Å². The highest BCUT2D eigenvalue weighted by atomic mass is 16.1. The molecule has 4 nitrogen and oxygen atoms in total. The minimum Gasteiger partial charge on any atom is -0.324 e. The van der Waals surface area contributed by atoms with Crippen LogP contribution in [0.1, 0.15) is 11.1 Å². The number of rotatable bonds is 4. The molecule has 0 radical (unpaired) electrons. The fourth-order valence-electron chi connectivity index (χ4n) is 4.39. The first-order chi connectivity index (χ1) is 17.6. The van der Waals surface area contributed by atoms with Crippen molar-refractivity contribution in [2.24, 2.45) is 0 Å². The number of benzene rings is 4. The molecule has 0 atom stereocenters. The second-order valence-corrected chi connectivity index (χ2v) is 8.80. The van der Waals surface area contributed by atoms with E-state index in [1.807, 2.05) is 9.13 Å². The van der Waals surface area contributed by atoms with Gasteiger partial charge in [-0.2, -0.15) is 0 Å². The van der Waals surface area contributed by atoms with Gasteiger partial charge in [0.05, 0.1) is 0 Å². The van der Waals surface area contributed by atoms with Crippen LogP contribution in [0.5, 0.6) is 0 Å². The molecule has 6 aromatic rings. The third kappa shape index (κ3) is 4.40. The average molecular weight is 467 g/mol. The van der Waals surface area contributed by atoms with Crippen molar-refractivity contribution >= 4 is 33.7 Å². The van der Waals surface area contributed by atoms with Crippen LogP contribution in [0.15, 0.2) is 131 Å². The van der Waals surface area contributed by atoms with Crippen LogP contribution in [0, 0.1) is 0 Å². The maximum atomic E-state index is 11.4. The van der Waals surface area contributed by atoms with Gasteiger partial charge in [-0.1, -0.05) is 48.6 Å². The van der Waals surface area contributed by atoms with Crippen LogP contribution < -0.4 is 10.9 Å². The van der Waals surface area contributed by atoms with Crippen LogP contribution in [0.4, 0.5) is 0 Å². The van der Waals surface area contributed by atoms with Crippen LogP contribution in [0.3, 0.4) is 0 Å². The molecule has 0 bridgehead atoms. The van der Waals surface area contributed by atoms with Gasteiger partial charge >= 0.3 is 0 Å². The fourth-order valence-corrected chi connectivity index (χ4v) is 4.39.